The molecule has 0 unspecified atom stereocenters. The summed E-state index contributed by atoms with van der Waals surface area (Å²) in [4.78, 5) is 10.6. The van der Waals surface area contributed by atoms with E-state index in [2.05, 4.69) is 15.9 Å². The molecule has 0 N–H and O–H groups in total. The largest absolute Gasteiger partial charge is 0.277 e. The van der Waals surface area contributed by atoms with Gasteiger partial charge in [0.1, 0.15) is 0 Å². The van der Waals surface area contributed by atoms with Gasteiger partial charge in [0.15, 0.2) is 0 Å². The van der Waals surface area contributed by atoms with Crippen LogP contribution in [-0.4, -0.2) is 4.92 Å². The van der Waals surface area contributed by atoms with Gasteiger partial charge in [-0.05, 0) is 30.7 Å². The highest BCUT2D eigenvalue weighted by Gasteiger charge is 2.14. The molecule has 0 atom stereocenters. The minimum Gasteiger partial charge on any atom is -0.258 e. The first-order valence-corrected chi connectivity index (χ1v) is 5.88. The molecule has 0 aliphatic carbocycles. The van der Waals surface area contributed by atoms with Crippen LogP contribution in [0.3, 0.4) is 0 Å². The molecule has 2 aromatic rings. The Hall–Kier alpha value is -1.68. The maximum absolute atomic E-state index is 11.0. The van der Waals surface area contributed by atoms with Crippen molar-refractivity contribution >= 4 is 21.6 Å². The molecule has 0 aromatic heterocycles. The van der Waals surface area contributed by atoms with Gasteiger partial charge in [-0.1, -0.05) is 39.7 Å². The van der Waals surface area contributed by atoms with Crippen LogP contribution in [0.25, 0.3) is 11.1 Å². The number of nitro groups is 1. The second-order valence-electron chi connectivity index (χ2n) is 3.78. The van der Waals surface area contributed by atoms with Crippen LogP contribution in [0.2, 0.25) is 0 Å². The molecule has 0 spiro atoms. The van der Waals surface area contributed by atoms with Crippen molar-refractivity contribution in [2.24, 2.45) is 0 Å². The van der Waals surface area contributed by atoms with E-state index < -0.39 is 0 Å². The molecular formula is C13H10BrNO2. The van der Waals surface area contributed by atoms with Gasteiger partial charge in [0, 0.05) is 10.5 Å². The number of aryl methyl sites for hydroxylation is 1. The van der Waals surface area contributed by atoms with Crippen molar-refractivity contribution in [3.8, 4) is 11.1 Å². The van der Waals surface area contributed by atoms with Crippen LogP contribution in [0, 0.1) is 17.0 Å². The van der Waals surface area contributed by atoms with Crippen LogP contribution < -0.4 is 0 Å². The first-order chi connectivity index (χ1) is 8.08. The summed E-state index contributed by atoms with van der Waals surface area (Å²) in [6, 6.07) is 12.6. The van der Waals surface area contributed by atoms with Crippen LogP contribution in [0.4, 0.5) is 5.69 Å². The summed E-state index contributed by atoms with van der Waals surface area (Å²) in [5.41, 5.74) is 2.65. The topological polar surface area (TPSA) is 43.1 Å². The van der Waals surface area contributed by atoms with Gasteiger partial charge in [0.25, 0.3) is 5.69 Å². The molecule has 0 heterocycles. The lowest BCUT2D eigenvalue weighted by Crippen LogP contribution is -1.92. The molecule has 2 rings (SSSR count). The molecule has 0 bridgehead atoms. The second-order valence-corrected chi connectivity index (χ2v) is 4.70. The minimum atomic E-state index is -0.350. The predicted octanol–water partition coefficient (Wildman–Crippen LogP) is 4.33. The number of rotatable bonds is 2. The van der Waals surface area contributed by atoms with Gasteiger partial charge >= 0.3 is 0 Å². The van der Waals surface area contributed by atoms with E-state index in [-0.39, 0.29) is 10.6 Å². The Bertz CT molecular complexity index is 564. The summed E-state index contributed by atoms with van der Waals surface area (Å²) >= 11 is 3.35. The Labute approximate surface area is 107 Å². The summed E-state index contributed by atoms with van der Waals surface area (Å²) in [6.45, 7) is 1.92. The monoisotopic (exact) mass is 291 g/mol. The summed E-state index contributed by atoms with van der Waals surface area (Å²) in [5, 5.41) is 11.0. The first kappa shape index (κ1) is 11.8. The number of hydrogen-bond acceptors (Lipinski definition) is 2. The van der Waals surface area contributed by atoms with Gasteiger partial charge in [0.05, 0.1) is 10.5 Å². The van der Waals surface area contributed by atoms with E-state index >= 15 is 0 Å². The van der Waals surface area contributed by atoms with Gasteiger partial charge in [-0.25, -0.2) is 0 Å². The van der Waals surface area contributed by atoms with E-state index in [1.807, 2.05) is 37.3 Å². The third kappa shape index (κ3) is 2.53. The minimum absolute atomic E-state index is 0.137. The lowest BCUT2D eigenvalue weighted by Gasteiger charge is -2.04. The first-order valence-electron chi connectivity index (χ1n) is 5.09. The third-order valence-corrected chi connectivity index (χ3v) is 3.03. The van der Waals surface area contributed by atoms with Crippen molar-refractivity contribution in [2.45, 2.75) is 6.92 Å². The normalized spacial score (nSPS) is 10.2. The maximum Gasteiger partial charge on any atom is 0.277 e. The van der Waals surface area contributed by atoms with Crippen LogP contribution in [-0.2, 0) is 0 Å². The zero-order chi connectivity index (χ0) is 12.4. The quantitative estimate of drug-likeness (QED) is 0.610. The summed E-state index contributed by atoms with van der Waals surface area (Å²) < 4.78 is 0.955. The molecule has 2 aromatic carbocycles. The fraction of sp³-hybridized carbons (Fsp3) is 0.0769. The molecule has 4 heteroatoms. The van der Waals surface area contributed by atoms with Crippen molar-refractivity contribution in [2.75, 3.05) is 0 Å². The lowest BCUT2D eigenvalue weighted by atomic mass is 10.0. The smallest absolute Gasteiger partial charge is 0.258 e. The standard InChI is InChI=1S/C13H10BrNO2/c1-9-2-7-13(15(16)17)12(8-9)10-3-5-11(14)6-4-10/h2-8H,1H3. The summed E-state index contributed by atoms with van der Waals surface area (Å²) in [7, 11) is 0. The van der Waals surface area contributed by atoms with Gasteiger partial charge in [-0.2, -0.15) is 0 Å². The summed E-state index contributed by atoms with van der Waals surface area (Å²) in [6.07, 6.45) is 0. The van der Waals surface area contributed by atoms with Gasteiger partial charge in [0.2, 0.25) is 0 Å². The lowest BCUT2D eigenvalue weighted by molar-refractivity contribution is -0.384. The summed E-state index contributed by atoms with van der Waals surface area (Å²) in [5.74, 6) is 0. The SMILES string of the molecule is Cc1ccc([N+](=O)[O-])c(-c2ccc(Br)cc2)c1. The van der Waals surface area contributed by atoms with Crippen molar-refractivity contribution in [1.29, 1.82) is 0 Å². The van der Waals surface area contributed by atoms with E-state index in [9.17, 15) is 10.1 Å². The van der Waals surface area contributed by atoms with E-state index in [0.717, 1.165) is 15.6 Å². The Kier molecular flexibility index (Phi) is 3.24. The molecule has 3 nitrogen and oxygen atoms in total. The zero-order valence-electron chi connectivity index (χ0n) is 9.18. The van der Waals surface area contributed by atoms with Crippen molar-refractivity contribution in [3.05, 3.63) is 62.6 Å². The molecule has 0 radical (unpaired) electrons. The average molecular weight is 292 g/mol. The predicted molar refractivity (Wildman–Crippen MR) is 71.0 cm³/mol. The number of benzene rings is 2. The van der Waals surface area contributed by atoms with Crippen molar-refractivity contribution in [3.63, 3.8) is 0 Å². The molecule has 0 fully saturated rings. The van der Waals surface area contributed by atoms with Crippen LogP contribution in [0.1, 0.15) is 5.56 Å². The average Bonchev–Trinajstić information content (AvgIpc) is 2.29. The van der Waals surface area contributed by atoms with E-state index in [1.54, 1.807) is 12.1 Å². The van der Waals surface area contributed by atoms with Crippen LogP contribution >= 0.6 is 15.9 Å². The number of halogens is 1. The Morgan fingerprint density at radius 3 is 2.35 bits per heavy atom. The molecule has 86 valence electrons. The zero-order valence-corrected chi connectivity index (χ0v) is 10.8. The molecular weight excluding hydrogens is 282 g/mol. The number of hydrogen-bond donors (Lipinski definition) is 0. The third-order valence-electron chi connectivity index (χ3n) is 2.50. The highest BCUT2D eigenvalue weighted by Crippen LogP contribution is 2.31. The molecule has 0 aliphatic heterocycles. The Morgan fingerprint density at radius 2 is 1.76 bits per heavy atom. The van der Waals surface area contributed by atoms with Crippen LogP contribution in [0.5, 0.6) is 0 Å². The fourth-order valence-corrected chi connectivity index (χ4v) is 1.93. The highest BCUT2D eigenvalue weighted by molar-refractivity contribution is 9.10. The molecule has 0 saturated carbocycles. The molecule has 17 heavy (non-hydrogen) atoms. The fourth-order valence-electron chi connectivity index (χ4n) is 1.67. The maximum atomic E-state index is 11.0. The Morgan fingerprint density at radius 1 is 1.12 bits per heavy atom. The van der Waals surface area contributed by atoms with Gasteiger partial charge < -0.3 is 0 Å². The van der Waals surface area contributed by atoms with E-state index in [1.165, 1.54) is 0 Å². The van der Waals surface area contributed by atoms with Crippen molar-refractivity contribution < 1.29 is 4.92 Å². The molecule has 0 saturated heterocycles. The molecule has 0 amide bonds. The van der Waals surface area contributed by atoms with Gasteiger partial charge in [-0.3, -0.25) is 10.1 Å². The second kappa shape index (κ2) is 4.67. The van der Waals surface area contributed by atoms with Gasteiger partial charge in [-0.15, -0.1) is 0 Å². The van der Waals surface area contributed by atoms with Crippen molar-refractivity contribution in [1.82, 2.24) is 0 Å². The van der Waals surface area contributed by atoms with Crippen LogP contribution in [0.15, 0.2) is 46.9 Å². The number of nitrogens with zero attached hydrogens (tertiary/aromatic N) is 1. The number of nitro benzene ring substituents is 1. The Balaban J connectivity index is 2.60. The van der Waals surface area contributed by atoms with E-state index in [4.69, 9.17) is 0 Å². The van der Waals surface area contributed by atoms with E-state index in [0.29, 0.717) is 5.56 Å². The highest BCUT2D eigenvalue weighted by atomic mass is 79.9. The molecule has 0 aliphatic rings.